The van der Waals surface area contributed by atoms with E-state index >= 15 is 0 Å². The Labute approximate surface area is 135 Å². The Bertz CT molecular complexity index is 407. The van der Waals surface area contributed by atoms with Crippen LogP contribution in [0.25, 0.3) is 0 Å². The molecule has 18 heavy (non-hydrogen) atoms. The van der Waals surface area contributed by atoms with E-state index in [-0.39, 0.29) is 38.5 Å². The van der Waals surface area contributed by atoms with E-state index in [1.807, 2.05) is 32.0 Å². The molecule has 0 aromatic heterocycles. The molecule has 0 atom stereocenters. The Morgan fingerprint density at radius 1 is 1.06 bits per heavy atom. The molecule has 0 fully saturated rings. The van der Waals surface area contributed by atoms with Crippen molar-refractivity contribution in [3.05, 3.63) is 42.8 Å². The maximum Gasteiger partial charge on any atom is 0.208 e. The molecule has 4 heteroatoms. The number of benzene rings is 1. The third kappa shape index (κ3) is 7.51. The third-order valence-corrected chi connectivity index (χ3v) is 1.74. The van der Waals surface area contributed by atoms with Gasteiger partial charge in [0.15, 0.2) is 0 Å². The van der Waals surface area contributed by atoms with Gasteiger partial charge in [0.05, 0.1) is 0 Å². The van der Waals surface area contributed by atoms with Gasteiger partial charge in [-0.2, -0.15) is 10.2 Å². The largest absolute Gasteiger partial charge is 0.359 e. The average molecular weight is 320 g/mol. The van der Waals surface area contributed by atoms with E-state index in [1.54, 1.807) is 26.0 Å². The normalized spacial score (nSPS) is 10.9. The maximum absolute atomic E-state index is 11.7. The Morgan fingerprint density at radius 2 is 1.56 bits per heavy atom. The smallest absolute Gasteiger partial charge is 0.208 e. The van der Waals surface area contributed by atoms with Crippen molar-refractivity contribution < 1.29 is 37.5 Å². The first-order valence-corrected chi connectivity index (χ1v) is 5.62. The SMILES string of the molecule is CC.[CH2-]/C(C)=N\N=C(\C)C(=O)c1ccccc1.[Y]. The summed E-state index contributed by atoms with van der Waals surface area (Å²) in [5, 5.41) is 7.54. The Kier molecular flexibility index (Phi) is 12.3. The van der Waals surface area contributed by atoms with Crippen molar-refractivity contribution in [3.8, 4) is 0 Å². The van der Waals surface area contributed by atoms with Gasteiger partial charge in [-0.25, -0.2) is 0 Å². The van der Waals surface area contributed by atoms with Crippen LogP contribution in [0.5, 0.6) is 0 Å². The van der Waals surface area contributed by atoms with Gasteiger partial charge < -0.3 is 6.92 Å². The fourth-order valence-electron chi connectivity index (χ4n) is 1.00. The van der Waals surface area contributed by atoms with Gasteiger partial charge in [-0.05, 0) is 6.92 Å². The topological polar surface area (TPSA) is 41.8 Å². The summed E-state index contributed by atoms with van der Waals surface area (Å²) in [6.45, 7) is 10.9. The molecule has 0 heterocycles. The molecule has 1 aromatic carbocycles. The second kappa shape index (κ2) is 11.3. The van der Waals surface area contributed by atoms with Gasteiger partial charge in [0.1, 0.15) is 5.71 Å². The molecule has 0 saturated heterocycles. The first kappa shape index (κ1) is 19.5. The summed E-state index contributed by atoms with van der Waals surface area (Å²) in [4.78, 5) is 11.7. The Balaban J connectivity index is 0. The van der Waals surface area contributed by atoms with Crippen LogP contribution in [0.2, 0.25) is 0 Å². The van der Waals surface area contributed by atoms with Crippen LogP contribution in [0, 0.1) is 6.92 Å². The molecule has 0 unspecified atom stereocenters. The number of hydrogen-bond donors (Lipinski definition) is 0. The average Bonchev–Trinajstić information content (AvgIpc) is 2.38. The summed E-state index contributed by atoms with van der Waals surface area (Å²) in [6.07, 6.45) is 0. The standard InChI is InChI=1S/C12H13N2O.C2H6.Y/c1-9(2)13-14-10(3)12(15)11-7-5-4-6-8-11;1-2;/h4-8H,1H2,2-3H3;1-2H3;/q-1;;/b13-9+,14-10-;;. The summed E-state index contributed by atoms with van der Waals surface area (Å²) in [7, 11) is 0. The zero-order chi connectivity index (χ0) is 13.3. The number of hydrogen-bond acceptors (Lipinski definition) is 3. The van der Waals surface area contributed by atoms with Crippen molar-refractivity contribution in [2.45, 2.75) is 27.7 Å². The molecule has 0 aliphatic rings. The molecular weight excluding hydrogens is 301 g/mol. The van der Waals surface area contributed by atoms with Gasteiger partial charge in [-0.1, -0.05) is 51.1 Å². The second-order valence-electron chi connectivity index (χ2n) is 3.22. The number of carbonyl (C=O) groups is 1. The number of carbonyl (C=O) groups excluding carboxylic acids is 1. The van der Waals surface area contributed by atoms with E-state index in [2.05, 4.69) is 17.1 Å². The minimum Gasteiger partial charge on any atom is -0.359 e. The summed E-state index contributed by atoms with van der Waals surface area (Å²) in [6, 6.07) is 9.00. The zero-order valence-electron chi connectivity index (χ0n) is 11.5. The van der Waals surface area contributed by atoms with Crippen LogP contribution >= 0.6 is 0 Å². The van der Waals surface area contributed by atoms with E-state index in [1.165, 1.54) is 0 Å². The van der Waals surface area contributed by atoms with Crippen molar-refractivity contribution in [2.75, 3.05) is 0 Å². The molecule has 0 aliphatic carbocycles. The molecule has 1 radical (unpaired) electrons. The van der Waals surface area contributed by atoms with Gasteiger partial charge in [0, 0.05) is 38.3 Å². The molecule has 1 rings (SSSR count). The summed E-state index contributed by atoms with van der Waals surface area (Å²) in [5.41, 5.74) is 1.56. The number of rotatable bonds is 3. The minimum atomic E-state index is -0.111. The van der Waals surface area contributed by atoms with Gasteiger partial charge in [0.25, 0.3) is 0 Å². The minimum absolute atomic E-state index is 0. The molecule has 0 saturated carbocycles. The molecule has 95 valence electrons. The summed E-state index contributed by atoms with van der Waals surface area (Å²) >= 11 is 0. The van der Waals surface area contributed by atoms with E-state index in [4.69, 9.17) is 0 Å². The van der Waals surface area contributed by atoms with E-state index in [9.17, 15) is 4.79 Å². The quantitative estimate of drug-likeness (QED) is 0.363. The molecular formula is C14H19N2OY-. The fraction of sp³-hybridized carbons (Fsp3) is 0.286. The van der Waals surface area contributed by atoms with Gasteiger partial charge >= 0.3 is 0 Å². The van der Waals surface area contributed by atoms with E-state index < -0.39 is 0 Å². The fourth-order valence-corrected chi connectivity index (χ4v) is 1.00. The third-order valence-electron chi connectivity index (χ3n) is 1.74. The number of nitrogens with zero attached hydrogens (tertiary/aromatic N) is 2. The first-order valence-electron chi connectivity index (χ1n) is 5.62. The summed E-state index contributed by atoms with van der Waals surface area (Å²) < 4.78 is 0. The Morgan fingerprint density at radius 3 is 2.00 bits per heavy atom. The molecule has 3 nitrogen and oxygen atoms in total. The van der Waals surface area contributed by atoms with Crippen LogP contribution in [-0.2, 0) is 32.7 Å². The number of Topliss-reactive ketones (excluding diaryl/α,β-unsaturated/α-hetero) is 1. The van der Waals surface area contributed by atoms with Crippen LogP contribution in [-0.4, -0.2) is 17.2 Å². The Hall–Kier alpha value is -0.796. The predicted octanol–water partition coefficient (Wildman–Crippen LogP) is 3.56. The second-order valence-corrected chi connectivity index (χ2v) is 3.22. The van der Waals surface area contributed by atoms with Crippen molar-refractivity contribution in [1.82, 2.24) is 0 Å². The van der Waals surface area contributed by atoms with Crippen molar-refractivity contribution in [2.24, 2.45) is 10.2 Å². The molecule has 0 bridgehead atoms. The number of ketones is 1. The first-order chi connectivity index (χ1) is 8.11. The monoisotopic (exact) mass is 320 g/mol. The molecule has 1 aromatic rings. The van der Waals surface area contributed by atoms with Gasteiger partial charge in [0.2, 0.25) is 5.78 Å². The van der Waals surface area contributed by atoms with Crippen LogP contribution in [0.1, 0.15) is 38.1 Å². The summed E-state index contributed by atoms with van der Waals surface area (Å²) in [5.74, 6) is -0.111. The van der Waals surface area contributed by atoms with E-state index in [0.29, 0.717) is 17.0 Å². The molecule has 0 aliphatic heterocycles. The van der Waals surface area contributed by atoms with Crippen LogP contribution < -0.4 is 0 Å². The van der Waals surface area contributed by atoms with Gasteiger partial charge in [-0.3, -0.25) is 4.79 Å². The molecule has 0 spiro atoms. The molecule has 0 amide bonds. The van der Waals surface area contributed by atoms with Gasteiger partial charge in [-0.15, -0.1) is 5.71 Å². The molecule has 0 N–H and O–H groups in total. The van der Waals surface area contributed by atoms with Crippen LogP contribution in [0.3, 0.4) is 0 Å². The maximum atomic E-state index is 11.7. The van der Waals surface area contributed by atoms with Crippen LogP contribution in [0.4, 0.5) is 0 Å². The van der Waals surface area contributed by atoms with Crippen molar-refractivity contribution >= 4 is 17.2 Å². The van der Waals surface area contributed by atoms with Crippen molar-refractivity contribution in [1.29, 1.82) is 0 Å². The van der Waals surface area contributed by atoms with E-state index in [0.717, 1.165) is 0 Å². The zero-order valence-corrected chi connectivity index (χ0v) is 14.3. The van der Waals surface area contributed by atoms with Crippen LogP contribution in [0.15, 0.2) is 40.5 Å². The van der Waals surface area contributed by atoms with Crippen molar-refractivity contribution in [3.63, 3.8) is 0 Å². The predicted molar refractivity (Wildman–Crippen MR) is 73.7 cm³/mol.